The van der Waals surface area contributed by atoms with Gasteiger partial charge in [0.2, 0.25) is 0 Å². The molecular formula is C16H23NO. The predicted octanol–water partition coefficient (Wildman–Crippen LogP) is 3.22. The summed E-state index contributed by atoms with van der Waals surface area (Å²) in [4.78, 5) is 0. The lowest BCUT2D eigenvalue weighted by Gasteiger charge is -2.59. The van der Waals surface area contributed by atoms with Crippen molar-refractivity contribution in [3.8, 4) is 0 Å². The Kier molecular flexibility index (Phi) is 3.16. The molecule has 2 nitrogen and oxygen atoms in total. The molecule has 1 N–H and O–H groups in total. The van der Waals surface area contributed by atoms with E-state index in [1.807, 2.05) is 0 Å². The van der Waals surface area contributed by atoms with Gasteiger partial charge in [0.05, 0.1) is 17.7 Å². The Balaban J connectivity index is 2.04. The fourth-order valence-corrected chi connectivity index (χ4v) is 3.91. The Morgan fingerprint density at radius 2 is 1.83 bits per heavy atom. The van der Waals surface area contributed by atoms with Crippen molar-refractivity contribution in [2.24, 2.45) is 0 Å². The van der Waals surface area contributed by atoms with Crippen LogP contribution in [0, 0.1) is 0 Å². The van der Waals surface area contributed by atoms with Gasteiger partial charge in [0.1, 0.15) is 0 Å². The first kappa shape index (κ1) is 12.2. The van der Waals surface area contributed by atoms with E-state index >= 15 is 0 Å². The lowest BCUT2D eigenvalue weighted by atomic mass is 9.62. The monoisotopic (exact) mass is 245 g/mol. The van der Waals surface area contributed by atoms with Crippen molar-refractivity contribution < 1.29 is 4.74 Å². The van der Waals surface area contributed by atoms with E-state index in [0.29, 0.717) is 0 Å². The van der Waals surface area contributed by atoms with E-state index in [1.165, 1.54) is 37.7 Å². The first-order valence-corrected chi connectivity index (χ1v) is 7.27. The average Bonchev–Trinajstić information content (AvgIpc) is 2.39. The molecule has 0 aromatic heterocycles. The second-order valence-corrected chi connectivity index (χ2v) is 5.60. The zero-order valence-electron chi connectivity index (χ0n) is 11.2. The van der Waals surface area contributed by atoms with Crippen LogP contribution in [0.1, 0.15) is 44.6 Å². The summed E-state index contributed by atoms with van der Waals surface area (Å²) in [5.41, 5.74) is 1.51. The van der Waals surface area contributed by atoms with Gasteiger partial charge in [-0.1, -0.05) is 50.1 Å². The quantitative estimate of drug-likeness (QED) is 0.883. The molecule has 98 valence electrons. The molecular weight excluding hydrogens is 222 g/mol. The minimum absolute atomic E-state index is 0.0412. The van der Waals surface area contributed by atoms with E-state index in [4.69, 9.17) is 4.74 Å². The zero-order chi connectivity index (χ0) is 12.5. The predicted molar refractivity (Wildman–Crippen MR) is 73.6 cm³/mol. The molecule has 1 unspecified atom stereocenters. The molecule has 1 saturated heterocycles. The van der Waals surface area contributed by atoms with Crippen molar-refractivity contribution in [3.05, 3.63) is 35.9 Å². The van der Waals surface area contributed by atoms with Crippen LogP contribution in [0.15, 0.2) is 30.3 Å². The van der Waals surface area contributed by atoms with E-state index in [0.717, 1.165) is 13.2 Å². The van der Waals surface area contributed by atoms with Gasteiger partial charge in [-0.2, -0.15) is 0 Å². The number of benzene rings is 1. The lowest BCUT2D eigenvalue weighted by Crippen LogP contribution is -2.67. The number of likely N-dealkylation sites (N-methyl/N-ethyl adjacent to an activating group) is 1. The minimum atomic E-state index is 0.0412. The summed E-state index contributed by atoms with van der Waals surface area (Å²) in [6.07, 6.45) is 6.21. The van der Waals surface area contributed by atoms with E-state index in [9.17, 15) is 0 Å². The molecule has 2 atom stereocenters. The van der Waals surface area contributed by atoms with Gasteiger partial charge in [-0.05, 0) is 24.9 Å². The summed E-state index contributed by atoms with van der Waals surface area (Å²) in [5.74, 6) is 0. The van der Waals surface area contributed by atoms with Crippen LogP contribution in [0.4, 0.5) is 0 Å². The highest BCUT2D eigenvalue weighted by atomic mass is 16.5. The molecule has 1 aromatic rings. The molecule has 1 aliphatic carbocycles. The van der Waals surface area contributed by atoms with Gasteiger partial charge in [0, 0.05) is 6.42 Å². The fourth-order valence-electron chi connectivity index (χ4n) is 3.91. The smallest absolute Gasteiger partial charge is 0.0926 e. The molecule has 0 radical (unpaired) electrons. The molecule has 2 heteroatoms. The van der Waals surface area contributed by atoms with Crippen LogP contribution in [-0.4, -0.2) is 18.8 Å². The van der Waals surface area contributed by atoms with Crippen molar-refractivity contribution >= 4 is 0 Å². The van der Waals surface area contributed by atoms with E-state index in [1.54, 1.807) is 0 Å². The molecule has 0 bridgehead atoms. The van der Waals surface area contributed by atoms with Crippen LogP contribution < -0.4 is 5.32 Å². The molecule has 1 spiro atoms. The summed E-state index contributed by atoms with van der Waals surface area (Å²) < 4.78 is 6.12. The minimum Gasteiger partial charge on any atom is -0.373 e. The second-order valence-electron chi connectivity index (χ2n) is 5.60. The molecule has 2 aliphatic rings. The van der Waals surface area contributed by atoms with Gasteiger partial charge in [-0.3, -0.25) is 0 Å². The Morgan fingerprint density at radius 1 is 1.11 bits per heavy atom. The number of hydrogen-bond donors (Lipinski definition) is 1. The third kappa shape index (κ3) is 1.63. The van der Waals surface area contributed by atoms with Crippen molar-refractivity contribution in [1.29, 1.82) is 0 Å². The first-order chi connectivity index (χ1) is 8.83. The average molecular weight is 245 g/mol. The first-order valence-electron chi connectivity index (χ1n) is 7.27. The SMILES string of the molecule is CCN[C@]1(c2ccccc2)CCCCC12CCO2. The van der Waals surface area contributed by atoms with E-state index in [-0.39, 0.29) is 11.1 Å². The Morgan fingerprint density at radius 3 is 2.44 bits per heavy atom. The maximum absolute atomic E-state index is 6.12. The molecule has 2 fully saturated rings. The van der Waals surface area contributed by atoms with Crippen molar-refractivity contribution in [2.75, 3.05) is 13.2 Å². The summed E-state index contributed by atoms with van der Waals surface area (Å²) >= 11 is 0. The van der Waals surface area contributed by atoms with Crippen LogP contribution in [0.5, 0.6) is 0 Å². The summed E-state index contributed by atoms with van der Waals surface area (Å²) in [7, 11) is 0. The maximum atomic E-state index is 6.12. The van der Waals surface area contributed by atoms with Crippen molar-refractivity contribution in [1.82, 2.24) is 5.32 Å². The lowest BCUT2D eigenvalue weighted by molar-refractivity contribution is -0.218. The Hall–Kier alpha value is -0.860. The van der Waals surface area contributed by atoms with E-state index in [2.05, 4.69) is 42.6 Å². The zero-order valence-corrected chi connectivity index (χ0v) is 11.2. The molecule has 1 aromatic carbocycles. The number of nitrogens with one attached hydrogen (secondary N) is 1. The summed E-state index contributed by atoms with van der Waals surface area (Å²) in [5, 5.41) is 3.78. The van der Waals surface area contributed by atoms with Gasteiger partial charge in [-0.15, -0.1) is 0 Å². The second kappa shape index (κ2) is 4.67. The van der Waals surface area contributed by atoms with Crippen LogP contribution in [-0.2, 0) is 10.3 Å². The number of hydrogen-bond acceptors (Lipinski definition) is 2. The van der Waals surface area contributed by atoms with Gasteiger partial charge >= 0.3 is 0 Å². The normalized spacial score (nSPS) is 35.4. The van der Waals surface area contributed by atoms with Crippen LogP contribution in [0.3, 0.4) is 0 Å². The number of rotatable bonds is 3. The van der Waals surface area contributed by atoms with Crippen LogP contribution in [0.25, 0.3) is 0 Å². The van der Waals surface area contributed by atoms with Gasteiger partial charge in [-0.25, -0.2) is 0 Å². The van der Waals surface area contributed by atoms with Crippen molar-refractivity contribution in [3.63, 3.8) is 0 Å². The third-order valence-electron chi connectivity index (χ3n) is 4.79. The highest BCUT2D eigenvalue weighted by Gasteiger charge is 2.57. The largest absolute Gasteiger partial charge is 0.373 e. The molecule has 0 amide bonds. The standard InChI is InChI=1S/C16H23NO/c1-2-17-16(14-8-4-3-5-9-14)11-7-6-10-15(16)12-13-18-15/h3-5,8-9,17H,2,6-7,10-13H2,1H3/t15?,16-/m0/s1. The van der Waals surface area contributed by atoms with Gasteiger partial charge in [0.25, 0.3) is 0 Å². The van der Waals surface area contributed by atoms with Crippen LogP contribution >= 0.6 is 0 Å². The number of ether oxygens (including phenoxy) is 1. The van der Waals surface area contributed by atoms with Gasteiger partial charge < -0.3 is 10.1 Å². The Labute approximate surface area is 110 Å². The van der Waals surface area contributed by atoms with Crippen molar-refractivity contribution in [2.45, 2.75) is 50.2 Å². The van der Waals surface area contributed by atoms with E-state index < -0.39 is 0 Å². The molecule has 1 saturated carbocycles. The highest BCUT2D eigenvalue weighted by Crippen LogP contribution is 2.52. The Bertz CT molecular complexity index is 395. The molecule has 3 rings (SSSR count). The van der Waals surface area contributed by atoms with Crippen LogP contribution in [0.2, 0.25) is 0 Å². The molecule has 18 heavy (non-hydrogen) atoms. The third-order valence-corrected chi connectivity index (χ3v) is 4.79. The van der Waals surface area contributed by atoms with Gasteiger partial charge in [0.15, 0.2) is 0 Å². The summed E-state index contributed by atoms with van der Waals surface area (Å²) in [6.45, 7) is 4.13. The fraction of sp³-hybridized carbons (Fsp3) is 0.625. The molecule has 1 heterocycles. The topological polar surface area (TPSA) is 21.3 Å². The maximum Gasteiger partial charge on any atom is 0.0926 e. The summed E-state index contributed by atoms with van der Waals surface area (Å²) in [6, 6.07) is 10.9. The molecule has 1 aliphatic heterocycles. The highest BCUT2D eigenvalue weighted by molar-refractivity contribution is 5.31.